The Hall–Kier alpha value is -0.540. The summed E-state index contributed by atoms with van der Waals surface area (Å²) in [5, 5.41) is 12.8. The van der Waals surface area contributed by atoms with E-state index in [0.29, 0.717) is 5.75 Å². The number of rotatable bonds is 2. The fourth-order valence-corrected chi connectivity index (χ4v) is 2.11. The first-order valence-corrected chi connectivity index (χ1v) is 4.95. The molecule has 1 rings (SSSR count). The van der Waals surface area contributed by atoms with Crippen LogP contribution in [0, 0.1) is 0 Å². The van der Waals surface area contributed by atoms with E-state index >= 15 is 0 Å². The third-order valence-electron chi connectivity index (χ3n) is 2.24. The normalized spacial score (nSPS) is 11.7. The summed E-state index contributed by atoms with van der Waals surface area (Å²) < 4.78 is 0.923. The minimum atomic E-state index is -0.232. The Morgan fingerprint density at radius 2 is 2.00 bits per heavy atom. The molecule has 0 saturated carbocycles. The second kappa shape index (κ2) is 3.68. The topological polar surface area (TPSA) is 32.3 Å². The first-order chi connectivity index (χ1) is 5.99. The monoisotopic (exact) mass is 243 g/mol. The largest absolute Gasteiger partial charge is 0.508 e. The van der Waals surface area contributed by atoms with Crippen molar-refractivity contribution in [2.75, 3.05) is 7.05 Å². The molecule has 0 fully saturated rings. The summed E-state index contributed by atoms with van der Waals surface area (Å²) in [6, 6.07) is 5.43. The summed E-state index contributed by atoms with van der Waals surface area (Å²) in [5.74, 6) is 0.314. The Morgan fingerprint density at radius 3 is 2.46 bits per heavy atom. The summed E-state index contributed by atoms with van der Waals surface area (Å²) >= 11 is 3.42. The van der Waals surface area contributed by atoms with Crippen LogP contribution in [0.15, 0.2) is 22.7 Å². The average Bonchev–Trinajstić information content (AvgIpc) is 2.03. The summed E-state index contributed by atoms with van der Waals surface area (Å²) in [6.07, 6.45) is 0. The molecule has 0 aliphatic heterocycles. The van der Waals surface area contributed by atoms with Gasteiger partial charge in [0.2, 0.25) is 0 Å². The minimum absolute atomic E-state index is 0.232. The van der Waals surface area contributed by atoms with Gasteiger partial charge in [0.15, 0.2) is 0 Å². The number of phenols is 1. The van der Waals surface area contributed by atoms with Crippen LogP contribution in [0.1, 0.15) is 19.4 Å². The van der Waals surface area contributed by atoms with E-state index in [2.05, 4.69) is 21.2 Å². The zero-order valence-electron chi connectivity index (χ0n) is 8.06. The van der Waals surface area contributed by atoms with Crippen LogP contribution >= 0.6 is 15.9 Å². The van der Waals surface area contributed by atoms with Gasteiger partial charge >= 0.3 is 0 Å². The lowest BCUT2D eigenvalue weighted by Crippen LogP contribution is -2.33. The lowest BCUT2D eigenvalue weighted by molar-refractivity contribution is 0.399. The number of phenolic OH excluding ortho intramolecular Hbond substituents is 1. The molecular weight excluding hydrogens is 230 g/mol. The molecule has 0 amide bonds. The molecule has 1 aromatic carbocycles. The Balaban J connectivity index is 3.28. The van der Waals surface area contributed by atoms with Crippen LogP contribution in [0.25, 0.3) is 0 Å². The fraction of sp³-hybridized carbons (Fsp3) is 0.400. The van der Waals surface area contributed by atoms with Gasteiger partial charge in [0.25, 0.3) is 0 Å². The Bertz CT molecular complexity index is 290. The highest BCUT2D eigenvalue weighted by molar-refractivity contribution is 9.10. The van der Waals surface area contributed by atoms with Gasteiger partial charge in [0, 0.05) is 15.6 Å². The van der Waals surface area contributed by atoms with Crippen molar-refractivity contribution in [2.24, 2.45) is 0 Å². The summed E-state index contributed by atoms with van der Waals surface area (Å²) in [4.78, 5) is 0. The Morgan fingerprint density at radius 1 is 1.38 bits per heavy atom. The molecule has 0 unspecified atom stereocenters. The van der Waals surface area contributed by atoms with Gasteiger partial charge in [-0.1, -0.05) is 22.0 Å². The van der Waals surface area contributed by atoms with Crippen molar-refractivity contribution >= 4 is 15.9 Å². The molecule has 0 spiro atoms. The molecule has 3 heteroatoms. The molecule has 1 aromatic rings. The molecule has 2 N–H and O–H groups in total. The molecule has 0 radical (unpaired) electrons. The molecule has 72 valence electrons. The van der Waals surface area contributed by atoms with E-state index in [4.69, 9.17) is 0 Å². The van der Waals surface area contributed by atoms with E-state index in [9.17, 15) is 5.11 Å². The maximum atomic E-state index is 9.69. The lowest BCUT2D eigenvalue weighted by Gasteiger charge is -2.26. The van der Waals surface area contributed by atoms with Gasteiger partial charge in [-0.25, -0.2) is 0 Å². The summed E-state index contributed by atoms with van der Waals surface area (Å²) in [5.41, 5.74) is 0.655. The van der Waals surface area contributed by atoms with E-state index in [1.165, 1.54) is 0 Å². The predicted octanol–water partition coefficient (Wildman–Crippen LogP) is 2.61. The number of benzene rings is 1. The van der Waals surface area contributed by atoms with Crippen LogP contribution in [0.2, 0.25) is 0 Å². The highest BCUT2D eigenvalue weighted by Gasteiger charge is 2.23. The van der Waals surface area contributed by atoms with Crippen molar-refractivity contribution in [1.82, 2.24) is 5.32 Å². The summed E-state index contributed by atoms with van der Waals surface area (Å²) in [6.45, 7) is 4.04. The van der Waals surface area contributed by atoms with Gasteiger partial charge in [-0.15, -0.1) is 0 Å². The standard InChI is InChI=1S/C10H14BrNO/c1-10(2,12-3)9-7(11)5-4-6-8(9)13/h4-6,12-13H,1-3H3. The molecule has 0 aliphatic rings. The molecular formula is C10H14BrNO. The quantitative estimate of drug-likeness (QED) is 0.838. The van der Waals surface area contributed by atoms with Crippen molar-refractivity contribution < 1.29 is 5.11 Å². The maximum Gasteiger partial charge on any atom is 0.121 e. The van der Waals surface area contributed by atoms with Gasteiger partial charge in [0.1, 0.15) is 5.75 Å². The fourth-order valence-electron chi connectivity index (χ4n) is 1.26. The number of hydrogen-bond acceptors (Lipinski definition) is 2. The van der Waals surface area contributed by atoms with Crippen LogP contribution in [0.5, 0.6) is 5.75 Å². The van der Waals surface area contributed by atoms with Gasteiger partial charge < -0.3 is 10.4 Å². The zero-order chi connectivity index (χ0) is 10.1. The highest BCUT2D eigenvalue weighted by Crippen LogP contribution is 2.34. The molecule has 13 heavy (non-hydrogen) atoms. The molecule has 2 nitrogen and oxygen atoms in total. The third kappa shape index (κ3) is 2.03. The molecule has 0 heterocycles. The van der Waals surface area contributed by atoms with Crippen LogP contribution in [-0.2, 0) is 5.54 Å². The SMILES string of the molecule is CNC(C)(C)c1c(O)cccc1Br. The van der Waals surface area contributed by atoms with Gasteiger partial charge in [-0.05, 0) is 33.0 Å². The van der Waals surface area contributed by atoms with E-state index in [1.54, 1.807) is 6.07 Å². The van der Waals surface area contributed by atoms with Gasteiger partial charge in [-0.3, -0.25) is 0 Å². The molecule has 0 atom stereocenters. The van der Waals surface area contributed by atoms with E-state index < -0.39 is 0 Å². The third-order valence-corrected chi connectivity index (χ3v) is 2.90. The van der Waals surface area contributed by atoms with E-state index in [1.807, 2.05) is 33.0 Å². The van der Waals surface area contributed by atoms with Crippen molar-refractivity contribution in [3.8, 4) is 5.75 Å². The van der Waals surface area contributed by atoms with Gasteiger partial charge in [0.05, 0.1) is 0 Å². The number of nitrogens with one attached hydrogen (secondary N) is 1. The van der Waals surface area contributed by atoms with Crippen LogP contribution < -0.4 is 5.32 Å². The second-order valence-electron chi connectivity index (χ2n) is 3.51. The highest BCUT2D eigenvalue weighted by atomic mass is 79.9. The summed E-state index contributed by atoms with van der Waals surface area (Å²) in [7, 11) is 1.87. The number of aromatic hydroxyl groups is 1. The molecule has 0 aromatic heterocycles. The van der Waals surface area contributed by atoms with Crippen LogP contribution in [0.4, 0.5) is 0 Å². The first-order valence-electron chi connectivity index (χ1n) is 4.16. The predicted molar refractivity (Wildman–Crippen MR) is 57.9 cm³/mol. The van der Waals surface area contributed by atoms with E-state index in [0.717, 1.165) is 10.0 Å². The number of halogens is 1. The van der Waals surface area contributed by atoms with Gasteiger partial charge in [-0.2, -0.15) is 0 Å². The van der Waals surface area contributed by atoms with Crippen molar-refractivity contribution in [2.45, 2.75) is 19.4 Å². The number of hydrogen-bond donors (Lipinski definition) is 2. The Labute approximate surface area is 87.1 Å². The molecule has 0 bridgehead atoms. The first kappa shape index (κ1) is 10.5. The Kier molecular flexibility index (Phi) is 2.98. The average molecular weight is 244 g/mol. The van der Waals surface area contributed by atoms with Crippen molar-refractivity contribution in [3.05, 3.63) is 28.2 Å². The minimum Gasteiger partial charge on any atom is -0.508 e. The van der Waals surface area contributed by atoms with E-state index in [-0.39, 0.29) is 5.54 Å². The second-order valence-corrected chi connectivity index (χ2v) is 4.36. The molecule has 0 saturated heterocycles. The van der Waals surface area contributed by atoms with Crippen molar-refractivity contribution in [3.63, 3.8) is 0 Å². The van der Waals surface area contributed by atoms with Crippen LogP contribution in [-0.4, -0.2) is 12.2 Å². The maximum absolute atomic E-state index is 9.69. The smallest absolute Gasteiger partial charge is 0.121 e. The zero-order valence-corrected chi connectivity index (χ0v) is 9.64. The molecule has 0 aliphatic carbocycles. The van der Waals surface area contributed by atoms with Crippen LogP contribution in [0.3, 0.4) is 0 Å². The lowest BCUT2D eigenvalue weighted by atomic mass is 9.94. The van der Waals surface area contributed by atoms with Crippen molar-refractivity contribution in [1.29, 1.82) is 0 Å².